The number of hydrogen-bond acceptors (Lipinski definition) is 6. The second-order valence-corrected chi connectivity index (χ2v) is 11.3. The molecule has 1 fully saturated rings. The highest BCUT2D eigenvalue weighted by molar-refractivity contribution is 5.97. The van der Waals surface area contributed by atoms with Crippen LogP contribution in [0, 0.1) is 45.8 Å². The Morgan fingerprint density at radius 2 is 1.72 bits per heavy atom. The third-order valence-corrected chi connectivity index (χ3v) is 8.01. The minimum atomic E-state index is -1.03. The molecule has 1 saturated carbocycles. The Kier molecular flexibility index (Phi) is 7.97. The molecule has 0 N–H and O–H groups in total. The number of nitriles is 1. The van der Waals surface area contributed by atoms with E-state index in [1.165, 1.54) is 25.1 Å². The third-order valence-electron chi connectivity index (χ3n) is 8.01. The molecule has 0 unspecified atom stereocenters. The van der Waals surface area contributed by atoms with Gasteiger partial charge in [0.05, 0.1) is 35.6 Å². The van der Waals surface area contributed by atoms with Crippen molar-refractivity contribution in [2.45, 2.75) is 39.3 Å². The number of nitrogens with zero attached hydrogens (tertiary/aromatic N) is 5. The molecule has 0 aliphatic heterocycles. The summed E-state index contributed by atoms with van der Waals surface area (Å²) in [6.07, 6.45) is 1.56. The molecule has 46 heavy (non-hydrogen) atoms. The Balaban J connectivity index is 1.31. The number of fused-ring (bicyclic) bond motifs is 1. The van der Waals surface area contributed by atoms with Crippen LogP contribution in [0.2, 0.25) is 0 Å². The molecule has 2 aromatic heterocycles. The van der Waals surface area contributed by atoms with E-state index < -0.39 is 65.1 Å². The lowest BCUT2D eigenvalue weighted by Crippen LogP contribution is -2.16. The Morgan fingerprint density at radius 3 is 2.39 bits per heavy atom. The highest BCUT2D eigenvalue weighted by atomic mass is 19.1. The predicted molar refractivity (Wildman–Crippen MR) is 153 cm³/mol. The molecule has 3 aromatic carbocycles. The van der Waals surface area contributed by atoms with E-state index >= 15 is 8.78 Å². The first kappa shape index (κ1) is 30.8. The third kappa shape index (κ3) is 5.90. The van der Waals surface area contributed by atoms with E-state index in [0.29, 0.717) is 19.0 Å². The van der Waals surface area contributed by atoms with Crippen molar-refractivity contribution in [3.63, 3.8) is 0 Å². The number of halogens is 6. The predicted octanol–water partition coefficient (Wildman–Crippen LogP) is 7.18. The molecule has 234 valence electrons. The van der Waals surface area contributed by atoms with Crippen molar-refractivity contribution in [2.24, 2.45) is 5.41 Å². The van der Waals surface area contributed by atoms with Crippen molar-refractivity contribution in [3.8, 4) is 23.3 Å². The van der Waals surface area contributed by atoms with Crippen molar-refractivity contribution < 1.29 is 35.9 Å². The first-order valence-corrected chi connectivity index (χ1v) is 14.1. The van der Waals surface area contributed by atoms with E-state index in [2.05, 4.69) is 15.0 Å². The summed E-state index contributed by atoms with van der Waals surface area (Å²) >= 11 is 0. The van der Waals surface area contributed by atoms with Crippen molar-refractivity contribution in [1.29, 1.82) is 5.26 Å². The molecule has 0 spiro atoms. The molecule has 5 aromatic rings. The highest BCUT2D eigenvalue weighted by Gasteiger charge is 2.44. The quantitative estimate of drug-likeness (QED) is 0.119. The normalized spacial score (nSPS) is 13.5. The largest absolute Gasteiger partial charge is 0.471 e. The summed E-state index contributed by atoms with van der Waals surface area (Å²) in [5, 5.41) is 8.89. The zero-order valence-corrected chi connectivity index (χ0v) is 24.2. The van der Waals surface area contributed by atoms with Crippen LogP contribution in [-0.4, -0.2) is 32.0 Å². The Labute approximate surface area is 258 Å². The van der Waals surface area contributed by atoms with Gasteiger partial charge in [0.1, 0.15) is 35.4 Å². The fraction of sp³-hybridized carbons (Fsp3) is 0.242. The minimum absolute atomic E-state index is 0.00248. The van der Waals surface area contributed by atoms with Gasteiger partial charge in [0.15, 0.2) is 17.4 Å². The summed E-state index contributed by atoms with van der Waals surface area (Å²) in [5.74, 6) is -5.73. The number of imidazole rings is 1. The van der Waals surface area contributed by atoms with Gasteiger partial charge in [-0.3, -0.25) is 9.18 Å². The molecule has 1 aliphatic rings. The number of ether oxygens (including phenoxy) is 1. The van der Waals surface area contributed by atoms with E-state index in [0.717, 1.165) is 24.3 Å². The average molecular weight is 636 g/mol. The van der Waals surface area contributed by atoms with Crippen molar-refractivity contribution >= 4 is 16.8 Å². The summed E-state index contributed by atoms with van der Waals surface area (Å²) in [6, 6.07) is 9.60. The number of carbonyl (C=O) groups excluding carboxylic acids is 1. The number of ketones is 1. The van der Waals surface area contributed by atoms with Gasteiger partial charge in [-0.15, -0.1) is 0 Å². The number of alkyl halides is 1. The molecule has 1 aliphatic carbocycles. The fourth-order valence-corrected chi connectivity index (χ4v) is 5.12. The first-order valence-electron chi connectivity index (χ1n) is 14.1. The molecule has 0 atom stereocenters. The van der Waals surface area contributed by atoms with E-state index in [1.807, 2.05) is 0 Å². The van der Waals surface area contributed by atoms with E-state index in [4.69, 9.17) is 10.00 Å². The molecule has 7 nitrogen and oxygen atoms in total. The summed E-state index contributed by atoms with van der Waals surface area (Å²) in [5.41, 5.74) is -0.941. The molecule has 13 heteroatoms. The van der Waals surface area contributed by atoms with Crippen molar-refractivity contribution in [3.05, 3.63) is 106 Å². The SMILES string of the molecule is CC(=O)c1cc(F)c2nc(Cc3cc(F)c(-c4ncc(F)c(OCc5ccc(C#N)cc5F)n4)cc3F)n(CC3(CF)CC3)c2c1. The molecule has 0 radical (unpaired) electrons. The number of carbonyl (C=O) groups is 1. The second-order valence-electron chi connectivity index (χ2n) is 11.3. The number of aromatic nitrogens is 4. The maximum absolute atomic E-state index is 15.5. The van der Waals surface area contributed by atoms with Crippen LogP contribution in [0.4, 0.5) is 26.3 Å². The maximum atomic E-state index is 15.5. The van der Waals surface area contributed by atoms with Gasteiger partial charge in [-0.25, -0.2) is 27.5 Å². The Bertz CT molecular complexity index is 2070. The van der Waals surface area contributed by atoms with E-state index in [9.17, 15) is 22.4 Å². The molecule has 0 amide bonds. The van der Waals surface area contributed by atoms with Crippen LogP contribution in [0.25, 0.3) is 22.4 Å². The average Bonchev–Trinajstić information content (AvgIpc) is 3.73. The van der Waals surface area contributed by atoms with Gasteiger partial charge in [-0.1, -0.05) is 6.07 Å². The van der Waals surface area contributed by atoms with Gasteiger partial charge in [0, 0.05) is 29.5 Å². The second kappa shape index (κ2) is 11.9. The molecule has 2 heterocycles. The number of hydrogen-bond donors (Lipinski definition) is 0. The van der Waals surface area contributed by atoms with E-state index in [1.54, 1.807) is 10.6 Å². The van der Waals surface area contributed by atoms with Crippen LogP contribution in [0.5, 0.6) is 5.88 Å². The monoisotopic (exact) mass is 635 g/mol. The van der Waals surface area contributed by atoms with Crippen LogP contribution < -0.4 is 4.74 Å². The van der Waals surface area contributed by atoms with Gasteiger partial charge in [0.2, 0.25) is 5.82 Å². The zero-order valence-electron chi connectivity index (χ0n) is 24.2. The Morgan fingerprint density at radius 1 is 0.957 bits per heavy atom. The lowest BCUT2D eigenvalue weighted by atomic mass is 10.1. The summed E-state index contributed by atoms with van der Waals surface area (Å²) in [4.78, 5) is 23.9. The van der Waals surface area contributed by atoms with Crippen LogP contribution >= 0.6 is 0 Å². The molecule has 0 saturated heterocycles. The lowest BCUT2D eigenvalue weighted by Gasteiger charge is -2.16. The number of benzene rings is 3. The van der Waals surface area contributed by atoms with Gasteiger partial charge in [0.25, 0.3) is 5.88 Å². The smallest absolute Gasteiger partial charge is 0.254 e. The number of rotatable bonds is 10. The van der Waals surface area contributed by atoms with Crippen LogP contribution in [-0.2, 0) is 19.6 Å². The Hall–Kier alpha value is -5.25. The van der Waals surface area contributed by atoms with E-state index in [-0.39, 0.29) is 57.9 Å². The topological polar surface area (TPSA) is 93.7 Å². The fourth-order valence-electron chi connectivity index (χ4n) is 5.12. The van der Waals surface area contributed by atoms with Crippen LogP contribution in [0.3, 0.4) is 0 Å². The minimum Gasteiger partial charge on any atom is -0.471 e. The van der Waals surface area contributed by atoms with Gasteiger partial charge < -0.3 is 9.30 Å². The van der Waals surface area contributed by atoms with Gasteiger partial charge in [-0.05, 0) is 61.7 Å². The van der Waals surface area contributed by atoms with Crippen LogP contribution in [0.15, 0.2) is 48.7 Å². The first-order chi connectivity index (χ1) is 22.0. The summed E-state index contributed by atoms with van der Waals surface area (Å²) in [7, 11) is 0. The molecule has 0 bridgehead atoms. The molecule has 6 rings (SSSR count). The zero-order chi connectivity index (χ0) is 32.7. The summed E-state index contributed by atoms with van der Waals surface area (Å²) < 4.78 is 95.3. The van der Waals surface area contributed by atoms with Crippen molar-refractivity contribution in [1.82, 2.24) is 19.5 Å². The van der Waals surface area contributed by atoms with Gasteiger partial charge in [-0.2, -0.15) is 14.6 Å². The number of Topliss-reactive ketones (excluding diaryl/α,β-unsaturated/α-hetero) is 1. The standard InChI is InChI=1S/C33H23F6N5O2/c1-17(45)20-7-26(38)30-28(9-20)44(16-33(15-34)4-5-33)29(42-30)10-21-8-25(37)22(11-24(21)36)31-41-13-27(39)32(43-31)46-14-19-3-2-18(12-40)6-23(19)35/h2-3,6-9,11,13H,4-5,10,14-16H2,1H3. The highest BCUT2D eigenvalue weighted by Crippen LogP contribution is 2.48. The molecular weight excluding hydrogens is 612 g/mol. The van der Waals surface area contributed by atoms with Crippen LogP contribution in [0.1, 0.15) is 52.6 Å². The van der Waals surface area contributed by atoms with Gasteiger partial charge >= 0.3 is 0 Å². The maximum Gasteiger partial charge on any atom is 0.254 e. The van der Waals surface area contributed by atoms with Crippen molar-refractivity contribution in [2.75, 3.05) is 6.67 Å². The lowest BCUT2D eigenvalue weighted by molar-refractivity contribution is 0.101. The summed E-state index contributed by atoms with van der Waals surface area (Å²) in [6.45, 7) is 0.280. The molecular formula is C33H23F6N5O2.